The topological polar surface area (TPSA) is 67.7 Å². The van der Waals surface area contributed by atoms with Gasteiger partial charge in [-0.1, -0.05) is 13.8 Å². The molecule has 2 aliphatic heterocycles. The van der Waals surface area contributed by atoms with E-state index in [0.29, 0.717) is 49.1 Å². The third-order valence-electron chi connectivity index (χ3n) is 6.97. The van der Waals surface area contributed by atoms with Crippen LogP contribution in [0.1, 0.15) is 46.0 Å². The van der Waals surface area contributed by atoms with Gasteiger partial charge in [0.25, 0.3) is 11.8 Å². The number of halogens is 3. The third-order valence-corrected chi connectivity index (χ3v) is 6.97. The van der Waals surface area contributed by atoms with E-state index in [2.05, 4.69) is 18.9 Å². The van der Waals surface area contributed by atoms with E-state index in [0.717, 1.165) is 24.2 Å². The van der Waals surface area contributed by atoms with Crippen LogP contribution in [0.3, 0.4) is 0 Å². The minimum Gasteiger partial charge on any atom is -0.457 e. The lowest BCUT2D eigenvalue weighted by Crippen LogP contribution is -2.73. The standard InChI is InChI=1S/C28H29F3N4O3/c1-18(2)12-21-13-24(33(3)32-21)26(37)35-16-27(17-35)14-34(15-27)25(36)19-4-8-22(9-5-19)38-23-10-6-20(7-11-23)28(29,30)31/h4-11,13,18H,12,14-17H2,1-3H3. The molecule has 2 amide bonds. The molecular formula is C28H29F3N4O3. The number of nitrogens with zero attached hydrogens (tertiary/aromatic N) is 4. The number of benzene rings is 2. The van der Waals surface area contributed by atoms with Gasteiger partial charge in [-0.2, -0.15) is 18.3 Å². The highest BCUT2D eigenvalue weighted by atomic mass is 19.4. The van der Waals surface area contributed by atoms with Crippen LogP contribution in [-0.4, -0.2) is 57.6 Å². The summed E-state index contributed by atoms with van der Waals surface area (Å²) in [5.74, 6) is 1.01. The van der Waals surface area contributed by atoms with E-state index in [1.165, 1.54) is 12.1 Å². The predicted octanol–water partition coefficient (Wildman–Crippen LogP) is 5.03. The number of hydrogen-bond acceptors (Lipinski definition) is 4. The molecule has 0 radical (unpaired) electrons. The van der Waals surface area contributed by atoms with Crippen molar-refractivity contribution in [2.75, 3.05) is 26.2 Å². The smallest absolute Gasteiger partial charge is 0.416 e. The number of aryl methyl sites for hydroxylation is 1. The first kappa shape index (κ1) is 25.8. The van der Waals surface area contributed by atoms with Gasteiger partial charge in [0.2, 0.25) is 0 Å². The summed E-state index contributed by atoms with van der Waals surface area (Å²) in [6.45, 7) is 6.63. The van der Waals surface area contributed by atoms with Gasteiger partial charge in [-0.3, -0.25) is 14.3 Å². The molecule has 2 aromatic carbocycles. The average molecular weight is 527 g/mol. The Morgan fingerprint density at radius 2 is 1.45 bits per heavy atom. The first-order valence-corrected chi connectivity index (χ1v) is 12.5. The molecular weight excluding hydrogens is 497 g/mol. The Labute approximate surface area is 218 Å². The number of likely N-dealkylation sites (tertiary alicyclic amines) is 2. The molecule has 0 atom stereocenters. The lowest BCUT2D eigenvalue weighted by molar-refractivity contribution is -0.137. The van der Waals surface area contributed by atoms with Crippen LogP contribution in [0, 0.1) is 11.3 Å². The normalized spacial score (nSPS) is 16.4. The number of carbonyl (C=O) groups is 2. The minimum absolute atomic E-state index is 0.0333. The molecule has 38 heavy (non-hydrogen) atoms. The number of amides is 2. The molecule has 7 nitrogen and oxygen atoms in total. The van der Waals surface area contributed by atoms with Crippen molar-refractivity contribution in [1.82, 2.24) is 19.6 Å². The van der Waals surface area contributed by atoms with Gasteiger partial charge < -0.3 is 14.5 Å². The van der Waals surface area contributed by atoms with Crippen molar-refractivity contribution in [1.29, 1.82) is 0 Å². The average Bonchev–Trinajstić information content (AvgIpc) is 3.16. The summed E-state index contributed by atoms with van der Waals surface area (Å²) >= 11 is 0. The van der Waals surface area contributed by atoms with Crippen molar-refractivity contribution in [3.05, 3.63) is 77.1 Å². The van der Waals surface area contributed by atoms with E-state index < -0.39 is 11.7 Å². The van der Waals surface area contributed by atoms with Crippen LogP contribution in [0.4, 0.5) is 13.2 Å². The van der Waals surface area contributed by atoms with E-state index in [9.17, 15) is 22.8 Å². The molecule has 5 rings (SSSR count). The summed E-state index contributed by atoms with van der Waals surface area (Å²) in [6.07, 6.45) is -3.58. The SMILES string of the molecule is CC(C)Cc1cc(C(=O)N2CC3(CN(C(=O)c4ccc(Oc5ccc(C(F)(F)F)cc5)cc4)C3)C2)n(C)n1. The fourth-order valence-electron chi connectivity index (χ4n) is 5.12. The molecule has 0 bridgehead atoms. The van der Waals surface area contributed by atoms with E-state index in [4.69, 9.17) is 4.74 Å². The van der Waals surface area contributed by atoms with Gasteiger partial charge in [-0.05, 0) is 66.9 Å². The second kappa shape index (κ2) is 9.49. The van der Waals surface area contributed by atoms with Crippen molar-refractivity contribution in [2.24, 2.45) is 18.4 Å². The van der Waals surface area contributed by atoms with Gasteiger partial charge in [0.15, 0.2) is 0 Å². The zero-order chi connectivity index (χ0) is 27.2. The summed E-state index contributed by atoms with van der Waals surface area (Å²) in [5, 5.41) is 4.46. The molecule has 2 aliphatic rings. The summed E-state index contributed by atoms with van der Waals surface area (Å²) in [6, 6.07) is 12.8. The highest BCUT2D eigenvalue weighted by Crippen LogP contribution is 2.41. The summed E-state index contributed by atoms with van der Waals surface area (Å²) < 4.78 is 45.4. The Morgan fingerprint density at radius 1 is 0.921 bits per heavy atom. The van der Waals surface area contributed by atoms with Crippen LogP contribution in [0.25, 0.3) is 0 Å². The van der Waals surface area contributed by atoms with E-state index in [1.54, 1.807) is 40.9 Å². The number of aromatic nitrogens is 2. The molecule has 0 aliphatic carbocycles. The quantitative estimate of drug-likeness (QED) is 0.452. The Hall–Kier alpha value is -3.82. The molecule has 1 aromatic heterocycles. The monoisotopic (exact) mass is 526 g/mol. The largest absolute Gasteiger partial charge is 0.457 e. The second-order valence-corrected chi connectivity index (χ2v) is 10.7. The molecule has 3 heterocycles. The van der Waals surface area contributed by atoms with Gasteiger partial charge in [0, 0.05) is 44.2 Å². The third kappa shape index (κ3) is 5.12. The van der Waals surface area contributed by atoms with Gasteiger partial charge in [0.05, 0.1) is 11.3 Å². The van der Waals surface area contributed by atoms with Gasteiger partial charge in [-0.15, -0.1) is 0 Å². The highest BCUT2D eigenvalue weighted by Gasteiger charge is 2.54. The lowest BCUT2D eigenvalue weighted by atomic mass is 9.72. The molecule has 0 N–H and O–H groups in total. The maximum Gasteiger partial charge on any atom is 0.416 e. The Bertz CT molecular complexity index is 1330. The Morgan fingerprint density at radius 3 is 1.97 bits per heavy atom. The van der Waals surface area contributed by atoms with Crippen molar-refractivity contribution in [3.8, 4) is 11.5 Å². The number of ether oxygens (including phenoxy) is 1. The van der Waals surface area contributed by atoms with Crippen molar-refractivity contribution < 1.29 is 27.5 Å². The molecule has 200 valence electrons. The fourth-order valence-corrected chi connectivity index (χ4v) is 5.12. The highest BCUT2D eigenvalue weighted by molar-refractivity contribution is 5.96. The van der Waals surface area contributed by atoms with Gasteiger partial charge in [-0.25, -0.2) is 0 Å². The summed E-state index contributed by atoms with van der Waals surface area (Å²) in [5.41, 5.74) is 1.19. The molecule has 0 saturated carbocycles. The predicted molar refractivity (Wildman–Crippen MR) is 134 cm³/mol. The molecule has 10 heteroatoms. The first-order valence-electron chi connectivity index (χ1n) is 12.5. The van der Waals surface area contributed by atoms with Crippen LogP contribution < -0.4 is 4.74 Å². The lowest BCUT2D eigenvalue weighted by Gasteiger charge is -2.60. The van der Waals surface area contributed by atoms with Crippen LogP contribution in [-0.2, 0) is 19.6 Å². The zero-order valence-corrected chi connectivity index (χ0v) is 21.5. The van der Waals surface area contributed by atoms with Crippen LogP contribution >= 0.6 is 0 Å². The molecule has 2 fully saturated rings. The fraction of sp³-hybridized carbons (Fsp3) is 0.393. The number of hydrogen-bond donors (Lipinski definition) is 0. The van der Waals surface area contributed by atoms with E-state index in [1.807, 2.05) is 11.0 Å². The second-order valence-electron chi connectivity index (χ2n) is 10.7. The molecule has 3 aromatic rings. The number of carbonyl (C=O) groups excluding carboxylic acids is 2. The van der Waals surface area contributed by atoms with Crippen LogP contribution in [0.15, 0.2) is 54.6 Å². The summed E-state index contributed by atoms with van der Waals surface area (Å²) in [4.78, 5) is 29.4. The van der Waals surface area contributed by atoms with Crippen LogP contribution in [0.2, 0.25) is 0 Å². The van der Waals surface area contributed by atoms with Gasteiger partial charge >= 0.3 is 6.18 Å². The van der Waals surface area contributed by atoms with Crippen LogP contribution in [0.5, 0.6) is 11.5 Å². The molecule has 2 saturated heterocycles. The zero-order valence-electron chi connectivity index (χ0n) is 21.5. The maximum absolute atomic E-state index is 13.0. The summed E-state index contributed by atoms with van der Waals surface area (Å²) in [7, 11) is 1.79. The molecule has 1 spiro atoms. The van der Waals surface area contributed by atoms with Crippen molar-refractivity contribution in [3.63, 3.8) is 0 Å². The Balaban J connectivity index is 1.12. The Kier molecular flexibility index (Phi) is 6.44. The maximum atomic E-state index is 13.0. The van der Waals surface area contributed by atoms with Gasteiger partial charge in [0.1, 0.15) is 17.2 Å². The van der Waals surface area contributed by atoms with E-state index >= 15 is 0 Å². The minimum atomic E-state index is -4.40. The van der Waals surface area contributed by atoms with Crippen molar-refractivity contribution >= 4 is 11.8 Å². The first-order chi connectivity index (χ1) is 17.9. The number of alkyl halides is 3. The van der Waals surface area contributed by atoms with Crippen molar-refractivity contribution in [2.45, 2.75) is 26.4 Å². The number of rotatable bonds is 6. The van der Waals surface area contributed by atoms with E-state index in [-0.39, 0.29) is 23.0 Å². The molecule has 0 unspecified atom stereocenters.